The highest BCUT2D eigenvalue weighted by atomic mass is 32.2. The molecule has 4 rings (SSSR count). The van der Waals surface area contributed by atoms with E-state index in [4.69, 9.17) is 5.73 Å². The number of anilines is 1. The van der Waals surface area contributed by atoms with E-state index >= 15 is 0 Å². The van der Waals surface area contributed by atoms with E-state index in [0.29, 0.717) is 10.9 Å². The molecule has 7 nitrogen and oxygen atoms in total. The molecule has 0 aromatic carbocycles. The first-order valence-corrected chi connectivity index (χ1v) is 9.29. The maximum Gasteiger partial charge on any atom is 0.256 e. The second kappa shape index (κ2) is 6.27. The minimum absolute atomic E-state index is 0.367. The lowest BCUT2D eigenvalue weighted by Crippen LogP contribution is -2.39. The smallest absolute Gasteiger partial charge is 0.256 e. The lowest BCUT2D eigenvalue weighted by atomic mass is 10.0. The summed E-state index contributed by atoms with van der Waals surface area (Å²) in [7, 11) is 0. The first-order valence-electron chi connectivity index (χ1n) is 8.47. The molecule has 6 N–H and O–H groups in total. The van der Waals surface area contributed by atoms with E-state index in [0.717, 1.165) is 48.2 Å². The highest BCUT2D eigenvalue weighted by molar-refractivity contribution is 8.05. The maximum atomic E-state index is 11.5. The van der Waals surface area contributed by atoms with Crippen LogP contribution in [-0.2, 0) is 9.67 Å². The van der Waals surface area contributed by atoms with Crippen molar-refractivity contribution >= 4 is 34.4 Å². The average Bonchev–Trinajstić information content (AvgIpc) is 3.23. The van der Waals surface area contributed by atoms with Crippen molar-refractivity contribution in [1.29, 1.82) is 0 Å². The van der Waals surface area contributed by atoms with Crippen LogP contribution in [0.5, 0.6) is 0 Å². The summed E-state index contributed by atoms with van der Waals surface area (Å²) in [6.45, 7) is 4.06. The summed E-state index contributed by atoms with van der Waals surface area (Å²) < 4.78 is 0. The van der Waals surface area contributed by atoms with Crippen LogP contribution in [0.25, 0.3) is 11.0 Å². The molecule has 8 heteroatoms. The number of nitrogens with one attached hydrogen (secondary N) is 4. The Labute approximate surface area is 150 Å². The molecule has 1 fully saturated rings. The molecule has 25 heavy (non-hydrogen) atoms. The monoisotopic (exact) mass is 358 g/mol. The van der Waals surface area contributed by atoms with Crippen LogP contribution < -0.4 is 21.7 Å². The van der Waals surface area contributed by atoms with Crippen LogP contribution in [0.1, 0.15) is 25.3 Å². The van der Waals surface area contributed by atoms with E-state index in [-0.39, 0.29) is 0 Å². The zero-order valence-corrected chi connectivity index (χ0v) is 14.9. The highest BCUT2D eigenvalue weighted by Crippen LogP contribution is 2.46. The normalized spacial score (nSPS) is 26.3. The predicted octanol–water partition coefficient (Wildman–Crippen LogP) is 1.56. The Bertz CT molecular complexity index is 841. The number of fused-ring (bicyclic) bond motifs is 1. The van der Waals surface area contributed by atoms with Gasteiger partial charge in [0.2, 0.25) is 0 Å². The average molecular weight is 358 g/mol. The van der Waals surface area contributed by atoms with Gasteiger partial charge in [-0.3, -0.25) is 4.79 Å². The van der Waals surface area contributed by atoms with Crippen molar-refractivity contribution in [1.82, 2.24) is 20.6 Å². The topological polar surface area (TPSA) is 108 Å². The summed E-state index contributed by atoms with van der Waals surface area (Å²) in [5, 5.41) is 11.5. The molecule has 2 unspecified atom stereocenters. The van der Waals surface area contributed by atoms with Gasteiger partial charge in [0.25, 0.3) is 5.91 Å². The molecule has 132 valence electrons. The summed E-state index contributed by atoms with van der Waals surface area (Å²) >= 11 is 1.43. The number of pyridine rings is 1. The number of nitrogens with two attached hydrogens (primary N) is 1. The fourth-order valence-corrected chi connectivity index (χ4v) is 4.48. The maximum absolute atomic E-state index is 11.5. The van der Waals surface area contributed by atoms with Gasteiger partial charge in [-0.1, -0.05) is 11.8 Å². The molecule has 4 heterocycles. The zero-order chi connectivity index (χ0) is 17.4. The number of H-pyrrole nitrogens is 1. The molecule has 2 atom stereocenters. The van der Waals surface area contributed by atoms with Crippen molar-refractivity contribution in [3.05, 3.63) is 35.1 Å². The van der Waals surface area contributed by atoms with E-state index in [1.165, 1.54) is 11.8 Å². The van der Waals surface area contributed by atoms with Gasteiger partial charge in [-0.05, 0) is 32.4 Å². The number of rotatable bonds is 4. The van der Waals surface area contributed by atoms with Crippen LogP contribution in [0, 0.1) is 0 Å². The Hall–Kier alpha value is -2.19. The van der Waals surface area contributed by atoms with Crippen LogP contribution in [0.2, 0.25) is 0 Å². The lowest BCUT2D eigenvalue weighted by molar-refractivity contribution is -0.113. The third kappa shape index (κ3) is 2.96. The molecular formula is C17H22N6OS. The summed E-state index contributed by atoms with van der Waals surface area (Å²) in [6.07, 6.45) is 7.75. The molecule has 0 radical (unpaired) electrons. The zero-order valence-electron chi connectivity index (χ0n) is 14.1. The minimum atomic E-state index is -0.493. The Morgan fingerprint density at radius 1 is 1.52 bits per heavy atom. The quantitative estimate of drug-likeness (QED) is 0.568. The first-order chi connectivity index (χ1) is 12.1. The van der Waals surface area contributed by atoms with Gasteiger partial charge in [0.1, 0.15) is 10.5 Å². The SMILES string of the molecule is CC1(c2cnc3[nH]ccc3c2NC2CCCNC2)NC=C(C(N)=O)S1. The van der Waals surface area contributed by atoms with E-state index in [1.807, 2.05) is 25.4 Å². The minimum Gasteiger partial charge on any atom is -0.380 e. The van der Waals surface area contributed by atoms with Crippen LogP contribution >= 0.6 is 11.8 Å². The number of aromatic amines is 1. The molecule has 2 aliphatic rings. The Morgan fingerprint density at radius 3 is 3.12 bits per heavy atom. The number of hydrogen-bond donors (Lipinski definition) is 5. The molecule has 2 aromatic rings. The molecule has 1 saturated heterocycles. The number of primary amides is 1. The van der Waals surface area contributed by atoms with Gasteiger partial charge in [-0.15, -0.1) is 0 Å². The number of carbonyl (C=O) groups excluding carboxylic acids is 1. The van der Waals surface area contributed by atoms with Gasteiger partial charge in [0.05, 0.1) is 10.6 Å². The van der Waals surface area contributed by atoms with E-state index in [2.05, 4.69) is 25.9 Å². The number of amides is 1. The Balaban J connectivity index is 1.73. The molecule has 1 amide bonds. The van der Waals surface area contributed by atoms with Crippen molar-refractivity contribution < 1.29 is 4.79 Å². The molecule has 2 aromatic heterocycles. The van der Waals surface area contributed by atoms with Gasteiger partial charge in [-0.2, -0.15) is 0 Å². The summed E-state index contributed by atoms with van der Waals surface area (Å²) in [5.41, 5.74) is 8.37. The van der Waals surface area contributed by atoms with Gasteiger partial charge < -0.3 is 26.7 Å². The van der Waals surface area contributed by atoms with Crippen LogP contribution in [-0.4, -0.2) is 35.0 Å². The molecular weight excluding hydrogens is 336 g/mol. The second-order valence-electron chi connectivity index (χ2n) is 6.63. The second-order valence-corrected chi connectivity index (χ2v) is 8.09. The number of piperidine rings is 1. The summed E-state index contributed by atoms with van der Waals surface area (Å²) in [4.78, 5) is 19.3. The third-order valence-corrected chi connectivity index (χ3v) is 6.07. The Kier molecular flexibility index (Phi) is 4.09. The van der Waals surface area contributed by atoms with Gasteiger partial charge in [0, 0.05) is 42.1 Å². The van der Waals surface area contributed by atoms with Crippen molar-refractivity contribution in [2.45, 2.75) is 30.7 Å². The van der Waals surface area contributed by atoms with Crippen molar-refractivity contribution in [3.63, 3.8) is 0 Å². The summed E-state index contributed by atoms with van der Waals surface area (Å²) in [5.74, 6) is -0.414. The fourth-order valence-electron chi connectivity index (χ4n) is 3.44. The highest BCUT2D eigenvalue weighted by Gasteiger charge is 2.37. The predicted molar refractivity (Wildman–Crippen MR) is 101 cm³/mol. The largest absolute Gasteiger partial charge is 0.380 e. The molecule has 2 aliphatic heterocycles. The van der Waals surface area contributed by atoms with Gasteiger partial charge in [0.15, 0.2) is 0 Å². The molecule has 0 spiro atoms. The molecule has 0 saturated carbocycles. The number of hydrogen-bond acceptors (Lipinski definition) is 6. The van der Waals surface area contributed by atoms with Gasteiger partial charge in [-0.25, -0.2) is 4.98 Å². The number of nitrogens with zero attached hydrogens (tertiary/aromatic N) is 1. The van der Waals surface area contributed by atoms with Crippen molar-refractivity contribution in [2.75, 3.05) is 18.4 Å². The number of thioether (sulfide) groups is 1. The summed E-state index contributed by atoms with van der Waals surface area (Å²) in [6, 6.07) is 2.40. The first kappa shape index (κ1) is 16.3. The van der Waals surface area contributed by atoms with Crippen molar-refractivity contribution in [3.8, 4) is 0 Å². The Morgan fingerprint density at radius 2 is 2.40 bits per heavy atom. The fraction of sp³-hybridized carbons (Fsp3) is 0.412. The van der Waals surface area contributed by atoms with E-state index in [9.17, 15) is 4.79 Å². The van der Waals surface area contributed by atoms with E-state index in [1.54, 1.807) is 6.20 Å². The number of aromatic nitrogens is 2. The van der Waals surface area contributed by atoms with Crippen LogP contribution in [0.15, 0.2) is 29.6 Å². The number of carbonyl (C=O) groups is 1. The van der Waals surface area contributed by atoms with Crippen molar-refractivity contribution in [2.24, 2.45) is 5.73 Å². The lowest BCUT2D eigenvalue weighted by Gasteiger charge is -2.31. The standard InChI is InChI=1S/C17H22N6OS/c1-17(22-9-13(25-17)15(18)24)12-8-21-16-11(4-6-20-16)14(12)23-10-3-2-5-19-7-10/h4,6,8-10,19,22H,2-3,5,7H2,1H3,(H2,18,24)(H2,20,21,23). The van der Waals surface area contributed by atoms with Crippen LogP contribution in [0.3, 0.4) is 0 Å². The van der Waals surface area contributed by atoms with Gasteiger partial charge >= 0.3 is 0 Å². The van der Waals surface area contributed by atoms with Crippen LogP contribution in [0.4, 0.5) is 5.69 Å². The van der Waals surface area contributed by atoms with E-state index < -0.39 is 10.8 Å². The molecule has 0 bridgehead atoms. The third-order valence-electron chi connectivity index (χ3n) is 4.78. The molecule has 0 aliphatic carbocycles.